The fourth-order valence-corrected chi connectivity index (χ4v) is 4.01. The van der Waals surface area contributed by atoms with Crippen LogP contribution in [0.25, 0.3) is 17.0 Å². The molecule has 4 aromatic rings. The number of aryl methyl sites for hydroxylation is 1. The van der Waals surface area contributed by atoms with Crippen molar-refractivity contribution in [2.24, 2.45) is 7.05 Å². The first-order valence-corrected chi connectivity index (χ1v) is 10.5. The van der Waals surface area contributed by atoms with Crippen LogP contribution in [0.15, 0.2) is 72.6 Å². The molecule has 1 aromatic heterocycles. The molecule has 5 nitrogen and oxygen atoms in total. The van der Waals surface area contributed by atoms with E-state index in [1.807, 2.05) is 60.3 Å². The normalized spacial score (nSPS) is 14.0. The second-order valence-electron chi connectivity index (χ2n) is 7.56. The Hall–Kier alpha value is -3.70. The first kappa shape index (κ1) is 20.2. The summed E-state index contributed by atoms with van der Waals surface area (Å²) in [5, 5.41) is 1.63. The predicted molar refractivity (Wildman–Crippen MR) is 125 cm³/mol. The number of aromatic nitrogens is 1. The highest BCUT2D eigenvalue weighted by molar-refractivity contribution is 6.31. The Bertz CT molecular complexity index is 1390. The highest BCUT2D eigenvalue weighted by Gasteiger charge is 2.28. The number of ketones is 1. The van der Waals surface area contributed by atoms with E-state index in [-0.39, 0.29) is 11.5 Å². The highest BCUT2D eigenvalue weighted by atomic mass is 35.5. The summed E-state index contributed by atoms with van der Waals surface area (Å²) in [6, 6.07) is 18.6. The second kappa shape index (κ2) is 8.09. The molecule has 5 rings (SSSR count). The van der Waals surface area contributed by atoms with Crippen molar-refractivity contribution in [3.63, 3.8) is 0 Å². The molecule has 0 fully saturated rings. The van der Waals surface area contributed by atoms with E-state index in [4.69, 9.17) is 25.8 Å². The van der Waals surface area contributed by atoms with Gasteiger partial charge in [0.1, 0.15) is 23.9 Å². The maximum atomic E-state index is 12.9. The smallest absolute Gasteiger partial charge is 0.231 e. The zero-order valence-electron chi connectivity index (χ0n) is 17.6. The minimum atomic E-state index is -0.155. The third-order valence-electron chi connectivity index (χ3n) is 5.51. The molecule has 0 unspecified atom stereocenters. The molecule has 0 radical (unpaired) electrons. The Morgan fingerprint density at radius 1 is 1.06 bits per heavy atom. The quantitative estimate of drug-likeness (QED) is 0.352. The van der Waals surface area contributed by atoms with Gasteiger partial charge in [-0.1, -0.05) is 29.8 Å². The van der Waals surface area contributed by atoms with Gasteiger partial charge in [-0.3, -0.25) is 4.79 Å². The maximum Gasteiger partial charge on any atom is 0.231 e. The number of ether oxygens (including phenoxy) is 3. The van der Waals surface area contributed by atoms with E-state index in [0.29, 0.717) is 28.7 Å². The lowest BCUT2D eigenvalue weighted by Crippen LogP contribution is -1.98. The van der Waals surface area contributed by atoms with Crippen molar-refractivity contribution >= 4 is 34.4 Å². The predicted octanol–water partition coefficient (Wildman–Crippen LogP) is 6.04. The third-order valence-corrected chi connectivity index (χ3v) is 5.88. The number of halogens is 1. The molecule has 0 N–H and O–H groups in total. The molecular weight excluding hydrogens is 426 g/mol. The number of nitrogens with zero attached hydrogens (tertiary/aromatic N) is 1. The zero-order chi connectivity index (χ0) is 22.2. The van der Waals surface area contributed by atoms with Gasteiger partial charge >= 0.3 is 0 Å². The van der Waals surface area contributed by atoms with Crippen molar-refractivity contribution in [2.75, 3.05) is 7.11 Å². The molecule has 32 heavy (non-hydrogen) atoms. The van der Waals surface area contributed by atoms with Crippen LogP contribution in [0.5, 0.6) is 17.2 Å². The first-order valence-electron chi connectivity index (χ1n) is 10.1. The summed E-state index contributed by atoms with van der Waals surface area (Å²) in [5.41, 5.74) is 3.32. The fourth-order valence-electron chi connectivity index (χ4n) is 3.82. The minimum Gasteiger partial charge on any atom is -0.497 e. The van der Waals surface area contributed by atoms with Crippen molar-refractivity contribution < 1.29 is 19.0 Å². The number of fused-ring (bicyclic) bond motifs is 2. The lowest BCUT2D eigenvalue weighted by atomic mass is 10.1. The van der Waals surface area contributed by atoms with Crippen LogP contribution in [0.3, 0.4) is 0 Å². The summed E-state index contributed by atoms with van der Waals surface area (Å²) >= 11 is 6.20. The highest BCUT2D eigenvalue weighted by Crippen LogP contribution is 2.36. The van der Waals surface area contributed by atoms with Crippen LogP contribution in [0.1, 0.15) is 21.5 Å². The Labute approximate surface area is 190 Å². The molecule has 6 heteroatoms. The summed E-state index contributed by atoms with van der Waals surface area (Å²) in [6.07, 6.45) is 3.74. The van der Waals surface area contributed by atoms with Crippen LogP contribution >= 0.6 is 11.6 Å². The van der Waals surface area contributed by atoms with E-state index in [1.165, 1.54) is 0 Å². The number of allylic oxidation sites excluding steroid dienone is 1. The van der Waals surface area contributed by atoms with Gasteiger partial charge in [0.05, 0.1) is 12.7 Å². The monoisotopic (exact) mass is 445 g/mol. The summed E-state index contributed by atoms with van der Waals surface area (Å²) in [5.74, 6) is 1.96. The number of hydrogen-bond acceptors (Lipinski definition) is 4. The van der Waals surface area contributed by atoms with E-state index < -0.39 is 0 Å². The van der Waals surface area contributed by atoms with E-state index in [2.05, 4.69) is 0 Å². The van der Waals surface area contributed by atoms with Crippen LogP contribution in [0, 0.1) is 0 Å². The molecule has 160 valence electrons. The minimum absolute atomic E-state index is 0.155. The number of hydrogen-bond donors (Lipinski definition) is 0. The van der Waals surface area contributed by atoms with Crippen LogP contribution < -0.4 is 14.2 Å². The fraction of sp³-hybridized carbons (Fsp3) is 0.115. The average molecular weight is 446 g/mol. The van der Waals surface area contributed by atoms with Crippen molar-refractivity contribution in [3.8, 4) is 17.2 Å². The summed E-state index contributed by atoms with van der Waals surface area (Å²) in [7, 11) is 3.60. The second-order valence-corrected chi connectivity index (χ2v) is 7.96. The Morgan fingerprint density at radius 2 is 1.88 bits per heavy atom. The summed E-state index contributed by atoms with van der Waals surface area (Å²) in [6.45, 7) is 0.326. The first-order chi connectivity index (χ1) is 15.5. The number of methoxy groups -OCH3 is 1. The average Bonchev–Trinajstić information content (AvgIpc) is 3.28. The number of rotatable bonds is 5. The lowest BCUT2D eigenvalue weighted by Gasteiger charge is -2.08. The number of benzene rings is 3. The standard InChI is InChI=1S/C26H20ClNO4/c1-28-14-17(21-12-18(30-2)8-10-23(21)28)11-25-26(29)20-9-7-19(13-24(20)32-25)31-15-16-5-3-4-6-22(16)27/h3-14H,15H2,1-2H3/b25-11-. The molecule has 0 saturated carbocycles. The molecule has 1 aliphatic rings. The van der Waals surface area contributed by atoms with Crippen LogP contribution in [0.2, 0.25) is 5.02 Å². The van der Waals surface area contributed by atoms with Gasteiger partial charge in [-0.05, 0) is 42.5 Å². The number of carbonyl (C=O) groups excluding carboxylic acids is 1. The van der Waals surface area contributed by atoms with Crippen molar-refractivity contribution in [1.29, 1.82) is 0 Å². The zero-order valence-corrected chi connectivity index (χ0v) is 18.3. The molecular formula is C26H20ClNO4. The van der Waals surface area contributed by atoms with Gasteiger partial charge in [0.25, 0.3) is 0 Å². The molecule has 0 atom stereocenters. The van der Waals surface area contributed by atoms with Crippen molar-refractivity contribution in [2.45, 2.75) is 6.61 Å². The van der Waals surface area contributed by atoms with E-state index >= 15 is 0 Å². The summed E-state index contributed by atoms with van der Waals surface area (Å²) in [4.78, 5) is 12.9. The summed E-state index contributed by atoms with van der Waals surface area (Å²) < 4.78 is 19.1. The largest absolute Gasteiger partial charge is 0.497 e. The third kappa shape index (κ3) is 3.61. The van der Waals surface area contributed by atoms with Gasteiger partial charge in [-0.15, -0.1) is 0 Å². The van der Waals surface area contributed by atoms with Crippen LogP contribution in [-0.2, 0) is 13.7 Å². The number of carbonyl (C=O) groups is 1. The lowest BCUT2D eigenvalue weighted by molar-refractivity contribution is 0.101. The molecule has 0 bridgehead atoms. The van der Waals surface area contributed by atoms with Crippen molar-refractivity contribution in [1.82, 2.24) is 4.57 Å². The molecule has 0 amide bonds. The molecule has 0 spiro atoms. The van der Waals surface area contributed by atoms with Gasteiger partial charge < -0.3 is 18.8 Å². The molecule has 3 aromatic carbocycles. The molecule has 0 aliphatic carbocycles. The van der Waals surface area contributed by atoms with E-state index in [0.717, 1.165) is 27.8 Å². The molecule has 0 saturated heterocycles. The Morgan fingerprint density at radius 3 is 2.69 bits per heavy atom. The van der Waals surface area contributed by atoms with Gasteiger partial charge in [0.15, 0.2) is 5.76 Å². The van der Waals surface area contributed by atoms with E-state index in [9.17, 15) is 4.79 Å². The topological polar surface area (TPSA) is 49.7 Å². The van der Waals surface area contributed by atoms with Crippen molar-refractivity contribution in [3.05, 3.63) is 94.3 Å². The van der Waals surface area contributed by atoms with Crippen LogP contribution in [-0.4, -0.2) is 17.5 Å². The maximum absolute atomic E-state index is 12.9. The van der Waals surface area contributed by atoms with Crippen LogP contribution in [0.4, 0.5) is 0 Å². The van der Waals surface area contributed by atoms with Gasteiger partial charge in [-0.2, -0.15) is 0 Å². The van der Waals surface area contributed by atoms with Gasteiger partial charge in [0.2, 0.25) is 5.78 Å². The van der Waals surface area contributed by atoms with Gasteiger partial charge in [-0.25, -0.2) is 0 Å². The van der Waals surface area contributed by atoms with E-state index in [1.54, 1.807) is 31.4 Å². The number of Topliss-reactive ketones (excluding diaryl/α,β-unsaturated/α-hetero) is 1. The SMILES string of the molecule is COc1ccc2c(c1)c(/C=C1\Oc3cc(OCc4ccccc4Cl)ccc3C1=O)cn2C. The van der Waals surface area contributed by atoms with Gasteiger partial charge in [0, 0.05) is 46.4 Å². The Kier molecular flexibility index (Phi) is 5.11. The molecule has 2 heterocycles. The Balaban J connectivity index is 1.41. The molecule has 1 aliphatic heterocycles.